The van der Waals surface area contributed by atoms with Gasteiger partial charge in [0.2, 0.25) is 0 Å². The molecule has 2 fully saturated rings. The van der Waals surface area contributed by atoms with Gasteiger partial charge in [-0.05, 0) is 19.3 Å². The molecule has 0 radical (unpaired) electrons. The van der Waals surface area contributed by atoms with Crippen LogP contribution in [-0.2, 0) is 14.2 Å². The van der Waals surface area contributed by atoms with Gasteiger partial charge in [-0.15, -0.1) is 0 Å². The van der Waals surface area contributed by atoms with Gasteiger partial charge in [0, 0.05) is 47.0 Å². The summed E-state index contributed by atoms with van der Waals surface area (Å²) in [5, 5.41) is 3.38. The Hall–Kier alpha value is -0.850. The first-order valence-electron chi connectivity index (χ1n) is 7.53. The molecule has 0 saturated carbocycles. The molecule has 2 rings (SSSR count). The molecule has 20 heavy (non-hydrogen) atoms. The topological polar surface area (TPSA) is 55.3 Å². The first-order valence-corrected chi connectivity index (χ1v) is 7.53. The van der Waals surface area contributed by atoms with Crippen LogP contribution in [0.1, 0.15) is 19.3 Å². The van der Waals surface area contributed by atoms with Gasteiger partial charge in [0.25, 0.3) is 0 Å². The van der Waals surface area contributed by atoms with Crippen LogP contribution in [0, 0.1) is 0 Å². The van der Waals surface area contributed by atoms with Crippen molar-refractivity contribution in [1.29, 1.82) is 0 Å². The fourth-order valence-corrected chi connectivity index (χ4v) is 2.74. The van der Waals surface area contributed by atoms with E-state index in [0.29, 0.717) is 0 Å². The Morgan fingerprint density at radius 1 is 1.35 bits per heavy atom. The molecule has 0 spiro atoms. The number of methoxy groups -OCH3 is 1. The summed E-state index contributed by atoms with van der Waals surface area (Å²) in [6.07, 6.45) is 3.66. The van der Waals surface area contributed by atoms with Gasteiger partial charge in [-0.25, -0.2) is 0 Å². The molecular weight excluding hydrogens is 258 g/mol. The molecule has 0 aromatic carbocycles. The maximum atomic E-state index is 5.86. The number of hydrogen-bond donors (Lipinski definition) is 1. The predicted molar refractivity (Wildman–Crippen MR) is 78.1 cm³/mol. The van der Waals surface area contributed by atoms with Gasteiger partial charge < -0.3 is 24.4 Å². The van der Waals surface area contributed by atoms with E-state index >= 15 is 0 Å². The third-order valence-electron chi connectivity index (χ3n) is 3.79. The summed E-state index contributed by atoms with van der Waals surface area (Å²) in [7, 11) is 3.55. The number of nitrogens with one attached hydrogen (secondary N) is 1. The Bertz CT molecular complexity index is 306. The van der Waals surface area contributed by atoms with Crippen LogP contribution in [0.2, 0.25) is 0 Å². The number of guanidine groups is 1. The summed E-state index contributed by atoms with van der Waals surface area (Å²) in [6.45, 7) is 4.99. The second kappa shape index (κ2) is 8.44. The first kappa shape index (κ1) is 15.5. The normalized spacial score (nSPS) is 27.9. The SMILES string of the molecule is CN=C(NCCCOC)N1CCOC(C2CCCO2)C1. The standard InChI is InChI=1S/C14H27N3O3/c1-15-14(16-6-4-8-18-2)17-7-10-20-13(11-17)12-5-3-9-19-12/h12-13H,3-11H2,1-2H3,(H,15,16). The van der Waals surface area contributed by atoms with E-state index in [9.17, 15) is 0 Å². The van der Waals surface area contributed by atoms with E-state index in [1.54, 1.807) is 7.11 Å². The smallest absolute Gasteiger partial charge is 0.193 e. The summed E-state index contributed by atoms with van der Waals surface area (Å²) < 4.78 is 16.7. The van der Waals surface area contributed by atoms with E-state index in [1.807, 2.05) is 7.05 Å². The fraction of sp³-hybridized carbons (Fsp3) is 0.929. The molecule has 2 heterocycles. The zero-order valence-corrected chi connectivity index (χ0v) is 12.6. The quantitative estimate of drug-likeness (QED) is 0.452. The van der Waals surface area contributed by atoms with Gasteiger partial charge in [-0.2, -0.15) is 0 Å². The highest BCUT2D eigenvalue weighted by atomic mass is 16.5. The van der Waals surface area contributed by atoms with E-state index < -0.39 is 0 Å². The van der Waals surface area contributed by atoms with Crippen molar-refractivity contribution in [2.45, 2.75) is 31.5 Å². The monoisotopic (exact) mass is 285 g/mol. The molecule has 0 amide bonds. The highest BCUT2D eigenvalue weighted by molar-refractivity contribution is 5.80. The van der Waals surface area contributed by atoms with Crippen LogP contribution < -0.4 is 5.32 Å². The molecule has 2 unspecified atom stereocenters. The van der Waals surface area contributed by atoms with E-state index in [1.165, 1.54) is 0 Å². The van der Waals surface area contributed by atoms with Crippen LogP contribution in [0.4, 0.5) is 0 Å². The minimum absolute atomic E-state index is 0.170. The second-order valence-electron chi connectivity index (χ2n) is 5.23. The van der Waals surface area contributed by atoms with Crippen molar-refractivity contribution >= 4 is 5.96 Å². The molecule has 0 bridgehead atoms. The van der Waals surface area contributed by atoms with Crippen molar-refractivity contribution in [3.05, 3.63) is 0 Å². The lowest BCUT2D eigenvalue weighted by atomic mass is 10.1. The second-order valence-corrected chi connectivity index (χ2v) is 5.23. The number of ether oxygens (including phenoxy) is 3. The van der Waals surface area contributed by atoms with E-state index in [4.69, 9.17) is 14.2 Å². The molecule has 6 heteroatoms. The van der Waals surface area contributed by atoms with E-state index in [0.717, 1.165) is 64.7 Å². The molecule has 0 aromatic heterocycles. The molecule has 1 N–H and O–H groups in total. The number of aliphatic imine (C=N–C) groups is 1. The van der Waals surface area contributed by atoms with Gasteiger partial charge in [-0.3, -0.25) is 4.99 Å². The molecule has 0 aromatic rings. The third-order valence-corrected chi connectivity index (χ3v) is 3.79. The molecular formula is C14H27N3O3. The largest absolute Gasteiger partial charge is 0.385 e. The molecule has 2 aliphatic heterocycles. The molecule has 2 saturated heterocycles. The lowest BCUT2D eigenvalue weighted by Crippen LogP contribution is -2.53. The minimum atomic E-state index is 0.170. The summed E-state index contributed by atoms with van der Waals surface area (Å²) in [5.74, 6) is 0.951. The molecule has 116 valence electrons. The van der Waals surface area contributed by atoms with E-state index in [-0.39, 0.29) is 12.2 Å². The maximum Gasteiger partial charge on any atom is 0.193 e. The Kier molecular flexibility index (Phi) is 6.56. The lowest BCUT2D eigenvalue weighted by Gasteiger charge is -2.37. The number of morpholine rings is 1. The van der Waals surface area contributed by atoms with Gasteiger partial charge in [-0.1, -0.05) is 0 Å². The van der Waals surface area contributed by atoms with Crippen LogP contribution in [0.3, 0.4) is 0 Å². The zero-order chi connectivity index (χ0) is 14.2. The van der Waals surface area contributed by atoms with E-state index in [2.05, 4.69) is 15.2 Å². The first-order chi connectivity index (χ1) is 9.85. The van der Waals surface area contributed by atoms with Crippen LogP contribution in [-0.4, -0.2) is 76.7 Å². The van der Waals surface area contributed by atoms with Crippen LogP contribution in [0.5, 0.6) is 0 Å². The van der Waals surface area contributed by atoms with Crippen LogP contribution in [0.15, 0.2) is 4.99 Å². The summed E-state index contributed by atoms with van der Waals surface area (Å²) in [5.41, 5.74) is 0. The number of rotatable bonds is 5. The van der Waals surface area contributed by atoms with Crippen LogP contribution >= 0.6 is 0 Å². The Labute approximate surface area is 121 Å². The van der Waals surface area contributed by atoms with Crippen molar-refractivity contribution in [2.75, 3.05) is 53.6 Å². The Morgan fingerprint density at radius 2 is 2.20 bits per heavy atom. The third kappa shape index (κ3) is 4.33. The predicted octanol–water partition coefficient (Wildman–Crippen LogP) is 0.478. The van der Waals surface area contributed by atoms with Gasteiger partial charge >= 0.3 is 0 Å². The lowest BCUT2D eigenvalue weighted by molar-refractivity contribution is -0.0817. The van der Waals surface area contributed by atoms with Crippen molar-refractivity contribution in [3.63, 3.8) is 0 Å². The molecule has 0 aliphatic carbocycles. The molecule has 2 atom stereocenters. The van der Waals surface area contributed by atoms with Crippen molar-refractivity contribution < 1.29 is 14.2 Å². The average molecular weight is 285 g/mol. The summed E-state index contributed by atoms with van der Waals surface area (Å²) >= 11 is 0. The highest BCUT2D eigenvalue weighted by Gasteiger charge is 2.32. The minimum Gasteiger partial charge on any atom is -0.385 e. The van der Waals surface area contributed by atoms with Gasteiger partial charge in [0.05, 0.1) is 12.7 Å². The van der Waals surface area contributed by atoms with Gasteiger partial charge in [0.1, 0.15) is 6.10 Å². The van der Waals surface area contributed by atoms with Crippen LogP contribution in [0.25, 0.3) is 0 Å². The summed E-state index contributed by atoms with van der Waals surface area (Å²) in [6, 6.07) is 0. The summed E-state index contributed by atoms with van der Waals surface area (Å²) in [4.78, 5) is 6.63. The van der Waals surface area contributed by atoms with Crippen molar-refractivity contribution in [1.82, 2.24) is 10.2 Å². The molecule has 2 aliphatic rings. The number of hydrogen-bond acceptors (Lipinski definition) is 4. The van der Waals surface area contributed by atoms with Crippen molar-refractivity contribution in [2.24, 2.45) is 4.99 Å². The fourth-order valence-electron chi connectivity index (χ4n) is 2.74. The maximum absolute atomic E-state index is 5.86. The highest BCUT2D eigenvalue weighted by Crippen LogP contribution is 2.20. The van der Waals surface area contributed by atoms with Crippen molar-refractivity contribution in [3.8, 4) is 0 Å². The van der Waals surface area contributed by atoms with Gasteiger partial charge in [0.15, 0.2) is 5.96 Å². The average Bonchev–Trinajstić information content (AvgIpc) is 3.02. The number of nitrogens with zero attached hydrogens (tertiary/aromatic N) is 2. The zero-order valence-electron chi connectivity index (χ0n) is 12.6. The Morgan fingerprint density at radius 3 is 2.90 bits per heavy atom. The molecule has 6 nitrogen and oxygen atoms in total. The Balaban J connectivity index is 1.79.